The predicted molar refractivity (Wildman–Crippen MR) is 127 cm³/mol. The molecule has 0 radical (unpaired) electrons. The topological polar surface area (TPSA) is 74.8 Å². The molecule has 1 aromatic heterocycles. The summed E-state index contributed by atoms with van der Waals surface area (Å²) in [6.07, 6.45) is 10.0. The molecule has 2 aromatic rings. The van der Waals surface area contributed by atoms with Gasteiger partial charge in [-0.3, -0.25) is 4.79 Å². The standard InChI is InChI=1S/C26H30N4O3/c1-20-7-5-6-10-23(20)25(31)29-13-15-30(16-14-29)26(32)28-18-22-11-12-27-24(17-22)33-19-21-8-3-2-4-9-21/h2-3,5-8,10-12,17H,4,9,13-16,18-19H2,1H3,(H,28,32). The highest BCUT2D eigenvalue weighted by Gasteiger charge is 2.25. The highest BCUT2D eigenvalue weighted by Crippen LogP contribution is 2.16. The zero-order valence-electron chi connectivity index (χ0n) is 19.0. The van der Waals surface area contributed by atoms with Crippen molar-refractivity contribution in [1.82, 2.24) is 20.1 Å². The van der Waals surface area contributed by atoms with E-state index < -0.39 is 0 Å². The van der Waals surface area contributed by atoms with Crippen molar-refractivity contribution in [2.75, 3.05) is 32.8 Å². The second kappa shape index (κ2) is 10.8. The number of carbonyl (C=O) groups excluding carboxylic acids is 2. The Bertz CT molecular complexity index is 1060. The number of carbonyl (C=O) groups is 2. The molecular weight excluding hydrogens is 416 g/mol. The first-order valence-electron chi connectivity index (χ1n) is 11.4. The van der Waals surface area contributed by atoms with E-state index >= 15 is 0 Å². The Morgan fingerprint density at radius 3 is 2.64 bits per heavy atom. The van der Waals surface area contributed by atoms with Gasteiger partial charge in [0.1, 0.15) is 6.61 Å². The first-order chi connectivity index (χ1) is 16.1. The van der Waals surface area contributed by atoms with E-state index in [4.69, 9.17) is 4.74 Å². The number of aryl methyl sites for hydroxylation is 1. The molecule has 3 amide bonds. The zero-order valence-corrected chi connectivity index (χ0v) is 19.0. The minimum absolute atomic E-state index is 0.0254. The third-order valence-corrected chi connectivity index (χ3v) is 5.98. The number of hydrogen-bond donors (Lipinski definition) is 1. The average Bonchev–Trinajstić information content (AvgIpc) is 2.87. The third-order valence-electron chi connectivity index (χ3n) is 5.98. The van der Waals surface area contributed by atoms with Gasteiger partial charge in [0.25, 0.3) is 5.91 Å². The van der Waals surface area contributed by atoms with Gasteiger partial charge in [0, 0.05) is 50.6 Å². The normalized spacial score (nSPS) is 15.7. The smallest absolute Gasteiger partial charge is 0.317 e. The molecule has 0 spiro atoms. The molecule has 1 aliphatic carbocycles. The predicted octanol–water partition coefficient (Wildman–Crippen LogP) is 3.71. The number of nitrogens with one attached hydrogen (secondary N) is 1. The third kappa shape index (κ3) is 6.00. The van der Waals surface area contributed by atoms with Gasteiger partial charge >= 0.3 is 6.03 Å². The number of urea groups is 1. The van der Waals surface area contributed by atoms with Crippen LogP contribution in [0.15, 0.2) is 66.4 Å². The largest absolute Gasteiger partial charge is 0.473 e. The fourth-order valence-corrected chi connectivity index (χ4v) is 3.96. The van der Waals surface area contributed by atoms with E-state index in [0.29, 0.717) is 45.2 Å². The molecule has 4 rings (SSSR count). The van der Waals surface area contributed by atoms with Crippen LogP contribution < -0.4 is 10.1 Å². The van der Waals surface area contributed by atoms with Crippen LogP contribution in [0.1, 0.15) is 34.3 Å². The minimum atomic E-state index is -0.128. The van der Waals surface area contributed by atoms with E-state index in [-0.39, 0.29) is 11.9 Å². The van der Waals surface area contributed by atoms with Crippen LogP contribution in [0.4, 0.5) is 4.79 Å². The number of piperazine rings is 1. The molecule has 0 atom stereocenters. The molecule has 2 aliphatic rings. The molecule has 1 aromatic carbocycles. The fourth-order valence-electron chi connectivity index (χ4n) is 3.96. The summed E-state index contributed by atoms with van der Waals surface area (Å²) in [6.45, 7) is 4.94. The molecule has 0 saturated carbocycles. The molecule has 0 bridgehead atoms. The van der Waals surface area contributed by atoms with Gasteiger partial charge in [0.05, 0.1) is 0 Å². The maximum atomic E-state index is 12.8. The van der Waals surface area contributed by atoms with Gasteiger partial charge in [0.15, 0.2) is 0 Å². The van der Waals surface area contributed by atoms with Gasteiger partial charge in [-0.25, -0.2) is 9.78 Å². The van der Waals surface area contributed by atoms with Crippen molar-refractivity contribution in [3.63, 3.8) is 0 Å². The van der Waals surface area contributed by atoms with Crippen molar-refractivity contribution in [1.29, 1.82) is 0 Å². The molecule has 33 heavy (non-hydrogen) atoms. The van der Waals surface area contributed by atoms with E-state index in [1.807, 2.05) is 48.2 Å². The maximum absolute atomic E-state index is 12.8. The van der Waals surface area contributed by atoms with Crippen molar-refractivity contribution >= 4 is 11.9 Å². The summed E-state index contributed by atoms with van der Waals surface area (Å²) in [5.41, 5.74) is 3.87. The Morgan fingerprint density at radius 1 is 1.09 bits per heavy atom. The summed E-state index contributed by atoms with van der Waals surface area (Å²) >= 11 is 0. The maximum Gasteiger partial charge on any atom is 0.317 e. The summed E-state index contributed by atoms with van der Waals surface area (Å²) in [6, 6.07) is 11.2. The summed E-state index contributed by atoms with van der Waals surface area (Å²) in [5.74, 6) is 0.581. The number of amides is 3. The lowest BCUT2D eigenvalue weighted by atomic mass is 10.1. The number of allylic oxidation sites excluding steroid dienone is 3. The number of pyridine rings is 1. The number of hydrogen-bond acceptors (Lipinski definition) is 4. The Kier molecular flexibility index (Phi) is 7.40. The van der Waals surface area contributed by atoms with Crippen LogP contribution in [-0.2, 0) is 6.54 Å². The summed E-state index contributed by atoms with van der Waals surface area (Å²) in [4.78, 5) is 33.3. The molecule has 1 aliphatic heterocycles. The van der Waals surface area contributed by atoms with Crippen LogP contribution in [-0.4, -0.2) is 59.5 Å². The molecule has 1 fully saturated rings. The zero-order chi connectivity index (χ0) is 23.0. The van der Waals surface area contributed by atoms with Crippen molar-refractivity contribution in [2.45, 2.75) is 26.3 Å². The molecule has 7 nitrogen and oxygen atoms in total. The number of benzene rings is 1. The lowest BCUT2D eigenvalue weighted by Crippen LogP contribution is -2.53. The van der Waals surface area contributed by atoms with E-state index in [2.05, 4.69) is 28.5 Å². The molecule has 0 unspecified atom stereocenters. The SMILES string of the molecule is Cc1ccccc1C(=O)N1CCN(C(=O)NCc2ccnc(OCC3=CC=CCC3)c2)CC1. The Balaban J connectivity index is 1.23. The molecule has 1 saturated heterocycles. The Hall–Kier alpha value is -3.61. The van der Waals surface area contributed by atoms with Crippen LogP contribution in [0.3, 0.4) is 0 Å². The van der Waals surface area contributed by atoms with Gasteiger partial charge in [0.2, 0.25) is 5.88 Å². The summed E-state index contributed by atoms with van der Waals surface area (Å²) in [7, 11) is 0. The average molecular weight is 447 g/mol. The van der Waals surface area contributed by atoms with Gasteiger partial charge < -0.3 is 19.9 Å². The minimum Gasteiger partial charge on any atom is -0.473 e. The van der Waals surface area contributed by atoms with Crippen LogP contribution in [0, 0.1) is 6.92 Å². The molecule has 1 N–H and O–H groups in total. The van der Waals surface area contributed by atoms with E-state index in [9.17, 15) is 9.59 Å². The summed E-state index contributed by atoms with van der Waals surface area (Å²) < 4.78 is 5.81. The van der Waals surface area contributed by atoms with Gasteiger partial charge in [-0.1, -0.05) is 36.4 Å². The number of ether oxygens (including phenoxy) is 1. The van der Waals surface area contributed by atoms with Gasteiger partial charge in [-0.15, -0.1) is 0 Å². The van der Waals surface area contributed by atoms with Crippen LogP contribution in [0.5, 0.6) is 5.88 Å². The van der Waals surface area contributed by atoms with Crippen molar-refractivity contribution in [3.8, 4) is 5.88 Å². The molecular formula is C26H30N4O3. The highest BCUT2D eigenvalue weighted by molar-refractivity contribution is 5.95. The lowest BCUT2D eigenvalue weighted by Gasteiger charge is -2.35. The van der Waals surface area contributed by atoms with Crippen molar-refractivity contribution in [2.24, 2.45) is 0 Å². The lowest BCUT2D eigenvalue weighted by molar-refractivity contribution is 0.0664. The fraction of sp³-hybridized carbons (Fsp3) is 0.346. The van der Waals surface area contributed by atoms with Crippen molar-refractivity contribution < 1.29 is 14.3 Å². The van der Waals surface area contributed by atoms with E-state index in [1.165, 1.54) is 5.57 Å². The first-order valence-corrected chi connectivity index (χ1v) is 11.4. The van der Waals surface area contributed by atoms with Gasteiger partial charge in [-0.2, -0.15) is 0 Å². The monoisotopic (exact) mass is 446 g/mol. The number of rotatable bonds is 6. The molecule has 2 heterocycles. The second-order valence-electron chi connectivity index (χ2n) is 8.34. The van der Waals surface area contributed by atoms with Crippen molar-refractivity contribution in [3.05, 3.63) is 83.1 Å². The van der Waals surface area contributed by atoms with Crippen LogP contribution in [0.2, 0.25) is 0 Å². The highest BCUT2D eigenvalue weighted by atomic mass is 16.5. The molecule has 172 valence electrons. The number of aromatic nitrogens is 1. The van der Waals surface area contributed by atoms with Crippen LogP contribution >= 0.6 is 0 Å². The second-order valence-corrected chi connectivity index (χ2v) is 8.34. The van der Waals surface area contributed by atoms with E-state index in [1.54, 1.807) is 11.1 Å². The van der Waals surface area contributed by atoms with Gasteiger partial charge in [-0.05, 0) is 48.6 Å². The Morgan fingerprint density at radius 2 is 1.88 bits per heavy atom. The van der Waals surface area contributed by atoms with Crippen LogP contribution in [0.25, 0.3) is 0 Å². The summed E-state index contributed by atoms with van der Waals surface area (Å²) in [5, 5.41) is 2.97. The number of nitrogens with zero attached hydrogens (tertiary/aromatic N) is 3. The Labute approximate surface area is 194 Å². The quantitative estimate of drug-likeness (QED) is 0.734. The van der Waals surface area contributed by atoms with E-state index in [0.717, 1.165) is 29.5 Å². The molecule has 7 heteroatoms. The first kappa shape index (κ1) is 22.6.